The highest BCUT2D eigenvalue weighted by Gasteiger charge is 2.33. The Kier molecular flexibility index (Phi) is 5.47. The first-order chi connectivity index (χ1) is 14.0. The quantitative estimate of drug-likeness (QED) is 0.621. The Labute approximate surface area is 170 Å². The van der Waals surface area contributed by atoms with Gasteiger partial charge in [0.25, 0.3) is 0 Å². The number of rotatable bonds is 6. The van der Waals surface area contributed by atoms with Gasteiger partial charge in [-0.05, 0) is 73.0 Å². The van der Waals surface area contributed by atoms with Crippen LogP contribution in [0.1, 0.15) is 44.6 Å². The molecule has 0 spiro atoms. The Morgan fingerprint density at radius 3 is 2.62 bits per heavy atom. The number of tetrazole rings is 1. The molecule has 0 aliphatic heterocycles. The SMILES string of the molecule is CC(C)Oc1ccc(-n2cnnn2)cc1N(C)C1CCCC1c1ccc(F)cc1. The number of hydrogen-bond acceptors (Lipinski definition) is 5. The number of aromatic nitrogens is 4. The van der Waals surface area contributed by atoms with Crippen molar-refractivity contribution >= 4 is 5.69 Å². The predicted molar refractivity (Wildman–Crippen MR) is 110 cm³/mol. The first kappa shape index (κ1) is 19.4. The highest BCUT2D eigenvalue weighted by Crippen LogP contribution is 2.42. The van der Waals surface area contributed by atoms with E-state index in [4.69, 9.17) is 4.74 Å². The van der Waals surface area contributed by atoms with E-state index in [0.717, 1.165) is 36.4 Å². The van der Waals surface area contributed by atoms with E-state index in [1.165, 1.54) is 5.56 Å². The molecule has 3 aromatic rings. The lowest BCUT2D eigenvalue weighted by molar-refractivity contribution is 0.242. The molecule has 152 valence electrons. The van der Waals surface area contributed by atoms with Gasteiger partial charge in [0, 0.05) is 19.0 Å². The average molecular weight is 395 g/mol. The summed E-state index contributed by atoms with van der Waals surface area (Å²) in [6, 6.07) is 13.2. The fourth-order valence-corrected chi connectivity index (χ4v) is 4.24. The molecule has 0 radical (unpaired) electrons. The van der Waals surface area contributed by atoms with Gasteiger partial charge in [-0.2, -0.15) is 0 Å². The summed E-state index contributed by atoms with van der Waals surface area (Å²) in [5, 5.41) is 11.5. The monoisotopic (exact) mass is 395 g/mol. The van der Waals surface area contributed by atoms with Crippen LogP contribution in [0.25, 0.3) is 5.69 Å². The van der Waals surface area contributed by atoms with E-state index in [0.29, 0.717) is 12.0 Å². The Morgan fingerprint density at radius 1 is 1.14 bits per heavy atom. The van der Waals surface area contributed by atoms with Crippen molar-refractivity contribution in [1.29, 1.82) is 0 Å². The molecule has 1 fully saturated rings. The van der Waals surface area contributed by atoms with E-state index in [9.17, 15) is 4.39 Å². The van der Waals surface area contributed by atoms with Crippen LogP contribution >= 0.6 is 0 Å². The van der Waals surface area contributed by atoms with Crippen LogP contribution in [-0.4, -0.2) is 39.4 Å². The Morgan fingerprint density at radius 2 is 1.93 bits per heavy atom. The van der Waals surface area contributed by atoms with Crippen LogP contribution in [0.4, 0.5) is 10.1 Å². The van der Waals surface area contributed by atoms with E-state index in [2.05, 4.69) is 33.5 Å². The van der Waals surface area contributed by atoms with E-state index in [1.807, 2.05) is 38.1 Å². The molecule has 1 heterocycles. The number of nitrogens with zero attached hydrogens (tertiary/aromatic N) is 5. The highest BCUT2D eigenvalue weighted by atomic mass is 19.1. The molecule has 0 bridgehead atoms. The third-order valence-corrected chi connectivity index (χ3v) is 5.57. The van der Waals surface area contributed by atoms with Crippen molar-refractivity contribution in [3.63, 3.8) is 0 Å². The van der Waals surface area contributed by atoms with Crippen LogP contribution in [0.15, 0.2) is 48.8 Å². The molecule has 4 rings (SSSR count). The summed E-state index contributed by atoms with van der Waals surface area (Å²) in [6.07, 6.45) is 4.96. The number of halogens is 1. The average Bonchev–Trinajstić information content (AvgIpc) is 3.40. The van der Waals surface area contributed by atoms with Gasteiger partial charge in [0.2, 0.25) is 0 Å². The molecule has 1 saturated carbocycles. The van der Waals surface area contributed by atoms with Gasteiger partial charge in [-0.1, -0.05) is 18.6 Å². The van der Waals surface area contributed by atoms with Gasteiger partial charge in [-0.3, -0.25) is 0 Å². The molecule has 7 heteroatoms. The fourth-order valence-electron chi connectivity index (χ4n) is 4.24. The van der Waals surface area contributed by atoms with Crippen LogP contribution in [0.5, 0.6) is 5.75 Å². The zero-order valence-electron chi connectivity index (χ0n) is 17.0. The van der Waals surface area contributed by atoms with Gasteiger partial charge in [0.05, 0.1) is 17.5 Å². The lowest BCUT2D eigenvalue weighted by atomic mass is 9.93. The van der Waals surface area contributed by atoms with Gasteiger partial charge in [0.1, 0.15) is 17.9 Å². The molecule has 1 aliphatic rings. The summed E-state index contributed by atoms with van der Waals surface area (Å²) < 4.78 is 21.1. The highest BCUT2D eigenvalue weighted by molar-refractivity contribution is 5.63. The zero-order valence-corrected chi connectivity index (χ0v) is 17.0. The number of hydrogen-bond donors (Lipinski definition) is 0. The minimum Gasteiger partial charge on any atom is -0.489 e. The lowest BCUT2D eigenvalue weighted by Crippen LogP contribution is -2.34. The Balaban J connectivity index is 1.69. The van der Waals surface area contributed by atoms with E-state index in [1.54, 1.807) is 23.1 Å². The van der Waals surface area contributed by atoms with Crippen LogP contribution < -0.4 is 9.64 Å². The van der Waals surface area contributed by atoms with Gasteiger partial charge in [-0.25, -0.2) is 9.07 Å². The summed E-state index contributed by atoms with van der Waals surface area (Å²) in [4.78, 5) is 2.30. The third kappa shape index (κ3) is 4.09. The van der Waals surface area contributed by atoms with Crippen molar-refractivity contribution in [2.24, 2.45) is 0 Å². The number of likely N-dealkylation sites (N-methyl/N-ethyl adjacent to an activating group) is 1. The molecule has 0 amide bonds. The van der Waals surface area contributed by atoms with E-state index in [-0.39, 0.29) is 11.9 Å². The molecule has 1 aliphatic carbocycles. The lowest BCUT2D eigenvalue weighted by Gasteiger charge is -2.33. The molecule has 0 saturated heterocycles. The maximum Gasteiger partial charge on any atom is 0.143 e. The zero-order chi connectivity index (χ0) is 20.4. The second-order valence-electron chi connectivity index (χ2n) is 7.84. The second kappa shape index (κ2) is 8.19. The molecule has 2 unspecified atom stereocenters. The first-order valence-electron chi connectivity index (χ1n) is 10.1. The van der Waals surface area contributed by atoms with Crippen LogP contribution in [0.2, 0.25) is 0 Å². The first-order valence-corrected chi connectivity index (χ1v) is 10.1. The molecule has 2 atom stereocenters. The molecule has 2 aromatic carbocycles. The fraction of sp³-hybridized carbons (Fsp3) is 0.409. The molecular weight excluding hydrogens is 369 g/mol. The Bertz CT molecular complexity index is 942. The second-order valence-corrected chi connectivity index (χ2v) is 7.84. The van der Waals surface area contributed by atoms with Gasteiger partial charge < -0.3 is 9.64 Å². The predicted octanol–water partition coefficient (Wildman–Crippen LogP) is 4.36. The number of ether oxygens (including phenoxy) is 1. The molecule has 0 N–H and O–H groups in total. The van der Waals surface area contributed by atoms with Crippen molar-refractivity contribution in [3.05, 3.63) is 60.2 Å². The molecule has 29 heavy (non-hydrogen) atoms. The summed E-state index contributed by atoms with van der Waals surface area (Å²) in [5.74, 6) is 0.992. The van der Waals surface area contributed by atoms with Gasteiger partial charge in [0.15, 0.2) is 0 Å². The van der Waals surface area contributed by atoms with E-state index < -0.39 is 0 Å². The largest absolute Gasteiger partial charge is 0.489 e. The standard InChI is InChI=1S/C22H26FN5O/c1-15(2)29-22-12-11-18(28-14-24-25-26-28)13-21(22)27(3)20-6-4-5-19(20)16-7-9-17(23)10-8-16/h7-15,19-20H,4-6H2,1-3H3. The topological polar surface area (TPSA) is 56.1 Å². The molecule has 6 nitrogen and oxygen atoms in total. The minimum absolute atomic E-state index is 0.0671. The van der Waals surface area contributed by atoms with Gasteiger partial charge in [-0.15, -0.1) is 5.10 Å². The van der Waals surface area contributed by atoms with Crippen molar-refractivity contribution in [2.45, 2.75) is 51.2 Å². The van der Waals surface area contributed by atoms with Crippen LogP contribution in [-0.2, 0) is 0 Å². The minimum atomic E-state index is -0.196. The maximum absolute atomic E-state index is 13.4. The van der Waals surface area contributed by atoms with Crippen molar-refractivity contribution in [3.8, 4) is 11.4 Å². The summed E-state index contributed by atoms with van der Waals surface area (Å²) >= 11 is 0. The van der Waals surface area contributed by atoms with Crippen LogP contribution in [0.3, 0.4) is 0 Å². The third-order valence-electron chi connectivity index (χ3n) is 5.57. The maximum atomic E-state index is 13.4. The molecular formula is C22H26FN5O. The molecule has 1 aromatic heterocycles. The Hall–Kier alpha value is -2.96. The normalized spacial score (nSPS) is 18.9. The van der Waals surface area contributed by atoms with Crippen molar-refractivity contribution in [2.75, 3.05) is 11.9 Å². The summed E-state index contributed by atoms with van der Waals surface area (Å²) in [5.41, 5.74) is 3.07. The summed E-state index contributed by atoms with van der Waals surface area (Å²) in [6.45, 7) is 4.05. The number of benzene rings is 2. The van der Waals surface area contributed by atoms with Crippen LogP contribution in [0, 0.1) is 5.82 Å². The van der Waals surface area contributed by atoms with Gasteiger partial charge >= 0.3 is 0 Å². The van der Waals surface area contributed by atoms with Crippen molar-refractivity contribution in [1.82, 2.24) is 20.2 Å². The number of anilines is 1. The van der Waals surface area contributed by atoms with Crippen molar-refractivity contribution < 1.29 is 9.13 Å². The smallest absolute Gasteiger partial charge is 0.143 e. The summed E-state index contributed by atoms with van der Waals surface area (Å²) in [7, 11) is 2.11. The van der Waals surface area contributed by atoms with E-state index >= 15 is 0 Å².